The smallest absolute Gasteiger partial charge is 0.338 e. The number of carbonyl (C=O) groups is 2. The van der Waals surface area contributed by atoms with Gasteiger partial charge >= 0.3 is 11.9 Å². The lowest BCUT2D eigenvalue weighted by Crippen LogP contribution is -2.60. The van der Waals surface area contributed by atoms with Gasteiger partial charge in [0.05, 0.1) is 11.1 Å². The maximum Gasteiger partial charge on any atom is 0.338 e. The van der Waals surface area contributed by atoms with E-state index >= 15 is 0 Å². The third-order valence-corrected chi connectivity index (χ3v) is 4.89. The summed E-state index contributed by atoms with van der Waals surface area (Å²) in [5.41, 5.74) is -0.850. The van der Waals surface area contributed by atoms with E-state index in [4.69, 9.17) is 14.2 Å². The zero-order chi connectivity index (χ0) is 25.3. The lowest BCUT2D eigenvalue weighted by Gasteiger charge is -2.39. The molecule has 3 rings (SSSR count). The minimum atomic E-state index is -1.99. The number of benzene rings is 2. The van der Waals surface area contributed by atoms with E-state index in [2.05, 4.69) is 0 Å². The molecule has 0 radical (unpaired) electrons. The molecule has 0 amide bonds. The van der Waals surface area contributed by atoms with Crippen LogP contribution in [0.2, 0.25) is 0 Å². The fourth-order valence-electron chi connectivity index (χ4n) is 3.07. The summed E-state index contributed by atoms with van der Waals surface area (Å²) < 4.78 is 14.8. The van der Waals surface area contributed by atoms with E-state index in [1.165, 1.54) is 0 Å². The van der Waals surface area contributed by atoms with Gasteiger partial charge in [0, 0.05) is 0 Å². The Morgan fingerprint density at radius 2 is 1.18 bits per heavy atom. The summed E-state index contributed by atoms with van der Waals surface area (Å²) in [6, 6.07) is 3.07. The number of aliphatic hydroxyl groups is 3. The quantitative estimate of drug-likeness (QED) is 0.178. The van der Waals surface area contributed by atoms with Gasteiger partial charge in [0.15, 0.2) is 46.9 Å². The number of esters is 2. The van der Waals surface area contributed by atoms with Crippen molar-refractivity contribution in [3.63, 3.8) is 0 Å². The van der Waals surface area contributed by atoms with Gasteiger partial charge in [-0.15, -0.1) is 0 Å². The Kier molecular flexibility index (Phi) is 6.88. The van der Waals surface area contributed by atoms with E-state index in [0.29, 0.717) is 0 Å². The number of phenolic OH excluding ortho intramolecular Hbond substituents is 6. The molecular formula is C20H20O14. The monoisotopic (exact) mass is 484 g/mol. The highest BCUT2D eigenvalue weighted by Crippen LogP contribution is 2.37. The molecule has 9 N–H and O–H groups in total. The first kappa shape index (κ1) is 24.7. The van der Waals surface area contributed by atoms with Crippen LogP contribution in [-0.2, 0) is 14.2 Å². The summed E-state index contributed by atoms with van der Waals surface area (Å²) in [7, 11) is 0. The average molecular weight is 484 g/mol. The Balaban J connectivity index is 1.71. The Hall–Kier alpha value is -3.98. The number of phenols is 6. The fraction of sp³-hybridized carbons (Fsp3) is 0.300. The highest BCUT2D eigenvalue weighted by Gasteiger charge is 2.47. The predicted molar refractivity (Wildman–Crippen MR) is 105 cm³/mol. The molecule has 14 heteroatoms. The van der Waals surface area contributed by atoms with Crippen molar-refractivity contribution in [2.45, 2.75) is 30.7 Å². The number of hydrogen-bond acceptors (Lipinski definition) is 14. The van der Waals surface area contributed by atoms with Gasteiger partial charge in [-0.25, -0.2) is 9.59 Å². The van der Waals surface area contributed by atoms with E-state index in [-0.39, 0.29) is 5.56 Å². The second-order valence-corrected chi connectivity index (χ2v) is 7.24. The molecule has 0 aliphatic carbocycles. The molecule has 2 aromatic carbocycles. The van der Waals surface area contributed by atoms with Crippen LogP contribution in [0.25, 0.3) is 0 Å². The molecule has 0 bridgehead atoms. The minimum Gasteiger partial charge on any atom is -0.504 e. The lowest BCUT2D eigenvalue weighted by molar-refractivity contribution is -0.285. The third-order valence-electron chi connectivity index (χ3n) is 4.89. The molecule has 184 valence electrons. The third kappa shape index (κ3) is 4.84. The van der Waals surface area contributed by atoms with E-state index in [1.54, 1.807) is 0 Å². The van der Waals surface area contributed by atoms with Crippen molar-refractivity contribution in [2.24, 2.45) is 0 Å². The molecule has 1 saturated heterocycles. The first-order chi connectivity index (χ1) is 15.9. The maximum atomic E-state index is 12.4. The molecule has 34 heavy (non-hydrogen) atoms. The topological polar surface area (TPSA) is 244 Å². The van der Waals surface area contributed by atoms with Crippen LogP contribution in [0, 0.1) is 0 Å². The van der Waals surface area contributed by atoms with Gasteiger partial charge in [0.25, 0.3) is 0 Å². The second kappa shape index (κ2) is 9.48. The summed E-state index contributed by atoms with van der Waals surface area (Å²) >= 11 is 0. The molecule has 1 aliphatic rings. The zero-order valence-corrected chi connectivity index (χ0v) is 17.0. The first-order valence-corrected chi connectivity index (χ1v) is 9.48. The largest absolute Gasteiger partial charge is 0.504 e. The fourth-order valence-corrected chi connectivity index (χ4v) is 3.07. The highest BCUT2D eigenvalue weighted by molar-refractivity contribution is 5.91. The van der Waals surface area contributed by atoms with Crippen molar-refractivity contribution in [1.82, 2.24) is 0 Å². The van der Waals surface area contributed by atoms with Crippen LogP contribution >= 0.6 is 0 Å². The molecular weight excluding hydrogens is 464 g/mol. The van der Waals surface area contributed by atoms with Crippen molar-refractivity contribution in [3.05, 3.63) is 35.4 Å². The lowest BCUT2D eigenvalue weighted by atomic mass is 9.99. The van der Waals surface area contributed by atoms with Gasteiger partial charge in [-0.1, -0.05) is 0 Å². The van der Waals surface area contributed by atoms with Gasteiger partial charge in [-0.2, -0.15) is 0 Å². The Morgan fingerprint density at radius 1 is 0.735 bits per heavy atom. The zero-order valence-electron chi connectivity index (χ0n) is 17.0. The second-order valence-electron chi connectivity index (χ2n) is 7.24. The van der Waals surface area contributed by atoms with Crippen LogP contribution < -0.4 is 0 Å². The summed E-state index contributed by atoms with van der Waals surface area (Å²) in [6.45, 7) is -0.749. The Bertz CT molecular complexity index is 1050. The minimum absolute atomic E-state index is 0.381. The molecule has 1 aliphatic heterocycles. The van der Waals surface area contributed by atoms with Gasteiger partial charge in [-0.05, 0) is 24.3 Å². The van der Waals surface area contributed by atoms with E-state index in [9.17, 15) is 55.5 Å². The normalized spacial score (nSPS) is 24.4. The van der Waals surface area contributed by atoms with Crippen LogP contribution in [-0.4, -0.2) is 95.2 Å². The van der Waals surface area contributed by atoms with Crippen LogP contribution in [0.5, 0.6) is 34.5 Å². The van der Waals surface area contributed by atoms with Crippen molar-refractivity contribution in [2.75, 3.05) is 6.61 Å². The van der Waals surface area contributed by atoms with Crippen molar-refractivity contribution >= 4 is 11.9 Å². The van der Waals surface area contributed by atoms with Crippen LogP contribution in [0.1, 0.15) is 20.7 Å². The maximum absolute atomic E-state index is 12.4. The molecule has 5 atom stereocenters. The molecule has 1 fully saturated rings. The number of rotatable bonds is 5. The molecule has 2 unspecified atom stereocenters. The van der Waals surface area contributed by atoms with Crippen LogP contribution in [0.15, 0.2) is 24.3 Å². The summed E-state index contributed by atoms with van der Waals surface area (Å²) in [4.78, 5) is 24.5. The van der Waals surface area contributed by atoms with Gasteiger partial charge in [0.1, 0.15) is 24.9 Å². The summed E-state index contributed by atoms with van der Waals surface area (Å²) in [6.07, 6.45) is -9.14. The van der Waals surface area contributed by atoms with Crippen LogP contribution in [0.4, 0.5) is 0 Å². The summed E-state index contributed by atoms with van der Waals surface area (Å²) in [5.74, 6) is -7.48. The molecule has 2 aromatic rings. The molecule has 0 spiro atoms. The van der Waals surface area contributed by atoms with E-state index in [1.807, 2.05) is 0 Å². The number of ether oxygens (including phenoxy) is 3. The highest BCUT2D eigenvalue weighted by atomic mass is 16.7. The number of aromatic hydroxyl groups is 6. The SMILES string of the molecule is O=C(OCC1O[C@@H](O)C(O)[C@H](OC(=O)c2cc(O)c(O)c(O)c2)[C@@H]1O)c1cc(O)c(O)c(O)c1. The number of carbonyl (C=O) groups excluding carboxylic acids is 2. The van der Waals surface area contributed by atoms with Crippen molar-refractivity contribution < 1.29 is 69.8 Å². The molecule has 1 heterocycles. The number of hydrogen-bond donors (Lipinski definition) is 9. The van der Waals surface area contributed by atoms with Gasteiger partial charge in [0.2, 0.25) is 0 Å². The van der Waals surface area contributed by atoms with Gasteiger partial charge < -0.3 is 60.2 Å². The predicted octanol–water partition coefficient (Wildman–Crippen LogP) is -1.26. The van der Waals surface area contributed by atoms with Crippen molar-refractivity contribution in [3.8, 4) is 34.5 Å². The average Bonchev–Trinajstić information content (AvgIpc) is 2.79. The summed E-state index contributed by atoms with van der Waals surface area (Å²) in [5, 5.41) is 87.1. The molecule has 0 saturated carbocycles. The standard InChI is InChI=1S/C20H20O14/c21-8-1-6(2-9(22)13(8)25)18(29)32-5-12-15(27)17(16(28)20(31)33-12)34-19(30)7-3-10(23)14(26)11(24)4-7/h1-4,12,15-17,20-28,31H,5H2/t12?,15-,16?,17-,20-/m1/s1. The Morgan fingerprint density at radius 3 is 1.65 bits per heavy atom. The van der Waals surface area contributed by atoms with Crippen LogP contribution in [0.3, 0.4) is 0 Å². The molecule has 14 nitrogen and oxygen atoms in total. The Labute approximate surface area is 189 Å². The van der Waals surface area contributed by atoms with Gasteiger partial charge in [-0.3, -0.25) is 0 Å². The number of aliphatic hydroxyl groups excluding tert-OH is 3. The first-order valence-electron chi connectivity index (χ1n) is 9.48. The molecule has 0 aromatic heterocycles. The van der Waals surface area contributed by atoms with Crippen molar-refractivity contribution in [1.29, 1.82) is 0 Å². The van der Waals surface area contributed by atoms with E-state index in [0.717, 1.165) is 24.3 Å². The van der Waals surface area contributed by atoms with E-state index < -0.39 is 89.3 Å².